The maximum Gasteiger partial charge on any atom is 0.501 e. The number of piperidine rings is 1. The highest BCUT2D eigenvalue weighted by molar-refractivity contribution is 7.92. The lowest BCUT2D eigenvalue weighted by atomic mass is 10.0. The number of urea groups is 1. The van der Waals surface area contributed by atoms with Crippen LogP contribution in [0.2, 0.25) is 0 Å². The van der Waals surface area contributed by atoms with Gasteiger partial charge < -0.3 is 9.80 Å². The van der Waals surface area contributed by atoms with Gasteiger partial charge in [-0.2, -0.15) is 13.2 Å². The van der Waals surface area contributed by atoms with Crippen LogP contribution >= 0.6 is 0 Å². The van der Waals surface area contributed by atoms with Crippen molar-refractivity contribution in [2.75, 3.05) is 22.9 Å². The number of anilines is 2. The largest absolute Gasteiger partial charge is 0.501 e. The molecule has 0 aliphatic carbocycles. The number of benzene rings is 1. The molecule has 2 saturated heterocycles. The van der Waals surface area contributed by atoms with E-state index in [0.717, 1.165) is 66.5 Å². The fourth-order valence-corrected chi connectivity index (χ4v) is 5.04. The Bertz CT molecular complexity index is 1240. The van der Waals surface area contributed by atoms with Crippen LogP contribution in [-0.2, 0) is 21.2 Å². The summed E-state index contributed by atoms with van der Waals surface area (Å²) in [6.45, 7) is 5.09. The van der Waals surface area contributed by atoms with Crippen LogP contribution in [-0.4, -0.2) is 54.4 Å². The van der Waals surface area contributed by atoms with E-state index in [2.05, 4.69) is 9.88 Å². The Morgan fingerprint density at radius 1 is 1.00 bits per heavy atom. The van der Waals surface area contributed by atoms with Gasteiger partial charge in [-0.05, 0) is 75.1 Å². The smallest absolute Gasteiger partial charge is 0.357 e. The van der Waals surface area contributed by atoms with Crippen LogP contribution in [0.15, 0.2) is 47.5 Å². The summed E-state index contributed by atoms with van der Waals surface area (Å²) < 4.78 is 61.7. The van der Waals surface area contributed by atoms with E-state index in [-0.39, 0.29) is 12.2 Å². The molecule has 2 aliphatic heterocycles. The first-order valence-electron chi connectivity index (χ1n) is 11.1. The van der Waals surface area contributed by atoms with Crippen molar-refractivity contribution in [3.05, 3.63) is 48.2 Å². The van der Waals surface area contributed by atoms with Crippen molar-refractivity contribution in [2.45, 2.75) is 55.6 Å². The van der Waals surface area contributed by atoms with Gasteiger partial charge in [0.15, 0.2) is 0 Å². The molecule has 8 nitrogen and oxygen atoms in total. The van der Waals surface area contributed by atoms with Crippen LogP contribution in [0.4, 0.5) is 29.5 Å². The SMILES string of the molecule is CC1(C)C(=O)N(c2ccc(S(=O)(=O)C(F)(F)F)cc2)C(=O)N1Cc1ccnc(N2CCCCC2)c1. The third-order valence-corrected chi connectivity index (χ3v) is 7.87. The third-order valence-electron chi connectivity index (χ3n) is 6.36. The van der Waals surface area contributed by atoms with Crippen molar-refractivity contribution in [1.29, 1.82) is 0 Å². The molecule has 0 unspecified atom stereocenters. The Hall–Kier alpha value is -3.15. The van der Waals surface area contributed by atoms with Crippen LogP contribution in [0.3, 0.4) is 0 Å². The van der Waals surface area contributed by atoms with Crippen LogP contribution in [0.5, 0.6) is 0 Å². The first-order valence-corrected chi connectivity index (χ1v) is 12.6. The molecule has 2 aliphatic rings. The number of amides is 3. The highest BCUT2D eigenvalue weighted by Gasteiger charge is 2.52. The van der Waals surface area contributed by atoms with Gasteiger partial charge in [0.2, 0.25) is 0 Å². The molecule has 0 atom stereocenters. The summed E-state index contributed by atoms with van der Waals surface area (Å²) in [5.74, 6) is 0.232. The van der Waals surface area contributed by atoms with Crippen molar-refractivity contribution in [3.63, 3.8) is 0 Å². The van der Waals surface area contributed by atoms with Crippen LogP contribution in [0, 0.1) is 0 Å². The summed E-state index contributed by atoms with van der Waals surface area (Å²) in [7, 11) is -5.54. The zero-order chi connectivity index (χ0) is 25.6. The lowest BCUT2D eigenvalue weighted by molar-refractivity contribution is -0.123. The summed E-state index contributed by atoms with van der Waals surface area (Å²) in [6, 6.07) is 6.52. The van der Waals surface area contributed by atoms with E-state index in [1.54, 1.807) is 26.1 Å². The van der Waals surface area contributed by atoms with Crippen molar-refractivity contribution in [3.8, 4) is 0 Å². The van der Waals surface area contributed by atoms with E-state index in [9.17, 15) is 31.2 Å². The predicted molar refractivity (Wildman–Crippen MR) is 122 cm³/mol. The fraction of sp³-hybridized carbons (Fsp3) is 0.435. The molecule has 3 amide bonds. The van der Waals surface area contributed by atoms with Crippen LogP contribution in [0.1, 0.15) is 38.7 Å². The number of pyridine rings is 1. The average Bonchev–Trinajstić information content (AvgIpc) is 2.98. The van der Waals surface area contributed by atoms with E-state index in [1.807, 2.05) is 6.07 Å². The lowest BCUT2D eigenvalue weighted by Crippen LogP contribution is -2.43. The number of nitrogens with zero attached hydrogens (tertiary/aromatic N) is 4. The molecule has 2 fully saturated rings. The molecule has 0 N–H and O–H groups in total. The predicted octanol–water partition coefficient (Wildman–Crippen LogP) is 4.11. The highest BCUT2D eigenvalue weighted by Crippen LogP contribution is 2.35. The van der Waals surface area contributed by atoms with Crippen molar-refractivity contribution >= 4 is 33.3 Å². The van der Waals surface area contributed by atoms with Gasteiger partial charge in [0.1, 0.15) is 11.4 Å². The van der Waals surface area contributed by atoms with E-state index < -0.39 is 37.7 Å². The number of sulfone groups is 1. The Balaban J connectivity index is 1.58. The molecule has 1 aromatic carbocycles. The number of carbonyl (C=O) groups excluding carboxylic acids is 2. The van der Waals surface area contributed by atoms with Gasteiger partial charge in [0, 0.05) is 25.8 Å². The first kappa shape index (κ1) is 25.0. The number of hydrogen-bond donors (Lipinski definition) is 0. The number of halogens is 3. The molecule has 3 heterocycles. The molecule has 188 valence electrons. The number of carbonyl (C=O) groups is 2. The van der Waals surface area contributed by atoms with Crippen molar-refractivity contribution in [2.24, 2.45) is 0 Å². The minimum absolute atomic E-state index is 0.0135. The molecular formula is C23H25F3N4O4S. The Kier molecular flexibility index (Phi) is 6.28. The summed E-state index contributed by atoms with van der Waals surface area (Å²) in [5.41, 5.74) is -5.92. The molecule has 0 spiro atoms. The second-order valence-corrected chi connectivity index (χ2v) is 11.0. The summed E-state index contributed by atoms with van der Waals surface area (Å²) in [5, 5.41) is 0. The van der Waals surface area contributed by atoms with E-state index in [0.29, 0.717) is 0 Å². The highest BCUT2D eigenvalue weighted by atomic mass is 32.2. The van der Waals surface area contributed by atoms with Gasteiger partial charge in [0.25, 0.3) is 15.7 Å². The number of hydrogen-bond acceptors (Lipinski definition) is 6. The third kappa shape index (κ3) is 4.46. The Morgan fingerprint density at radius 3 is 2.23 bits per heavy atom. The second kappa shape index (κ2) is 8.81. The number of rotatable bonds is 5. The molecule has 35 heavy (non-hydrogen) atoms. The molecular weight excluding hydrogens is 485 g/mol. The summed E-state index contributed by atoms with van der Waals surface area (Å²) in [4.78, 5) is 34.3. The summed E-state index contributed by atoms with van der Waals surface area (Å²) >= 11 is 0. The molecule has 1 aromatic heterocycles. The van der Waals surface area contributed by atoms with Gasteiger partial charge in [-0.1, -0.05) is 0 Å². The van der Waals surface area contributed by atoms with Gasteiger partial charge in [-0.3, -0.25) is 4.79 Å². The number of aromatic nitrogens is 1. The molecule has 0 bridgehead atoms. The normalized spacial score (nSPS) is 18.9. The molecule has 0 saturated carbocycles. The maximum absolute atomic E-state index is 13.3. The molecule has 0 radical (unpaired) electrons. The number of alkyl halides is 3. The Morgan fingerprint density at radius 2 is 1.63 bits per heavy atom. The van der Waals surface area contributed by atoms with Gasteiger partial charge in [-0.15, -0.1) is 0 Å². The van der Waals surface area contributed by atoms with Crippen molar-refractivity contribution < 1.29 is 31.2 Å². The average molecular weight is 511 g/mol. The van der Waals surface area contributed by atoms with E-state index in [1.165, 1.54) is 11.3 Å². The minimum Gasteiger partial charge on any atom is -0.357 e. The van der Waals surface area contributed by atoms with Crippen LogP contribution < -0.4 is 9.80 Å². The lowest BCUT2D eigenvalue weighted by Gasteiger charge is -2.30. The molecule has 2 aromatic rings. The summed E-state index contributed by atoms with van der Waals surface area (Å²) in [6.07, 6.45) is 4.99. The maximum atomic E-state index is 13.3. The molecule has 12 heteroatoms. The Labute approximate surface area is 201 Å². The monoisotopic (exact) mass is 510 g/mol. The van der Waals surface area contributed by atoms with E-state index >= 15 is 0 Å². The topological polar surface area (TPSA) is 90.9 Å². The minimum atomic E-state index is -5.54. The van der Waals surface area contributed by atoms with E-state index in [4.69, 9.17) is 0 Å². The van der Waals surface area contributed by atoms with Crippen LogP contribution in [0.25, 0.3) is 0 Å². The second-order valence-electron chi connectivity index (χ2n) is 9.08. The fourth-order valence-electron chi connectivity index (χ4n) is 4.27. The zero-order valence-corrected chi connectivity index (χ0v) is 20.1. The standard InChI is InChI=1S/C23H25F3N4O4S/c1-22(2)20(31)30(17-6-8-18(9-7-17)35(33,34)23(24,25)26)21(32)29(22)15-16-10-11-27-19(14-16)28-12-4-3-5-13-28/h6-11,14H,3-5,12-13,15H2,1-2H3. The quantitative estimate of drug-likeness (QED) is 0.563. The molecule has 4 rings (SSSR count). The zero-order valence-electron chi connectivity index (χ0n) is 19.2. The van der Waals surface area contributed by atoms with Crippen molar-refractivity contribution in [1.82, 2.24) is 9.88 Å². The number of imide groups is 1. The van der Waals surface area contributed by atoms with Gasteiger partial charge >= 0.3 is 11.5 Å². The first-order chi connectivity index (χ1) is 16.3. The van der Waals surface area contributed by atoms with Gasteiger partial charge in [0.05, 0.1) is 10.6 Å². The van der Waals surface area contributed by atoms with Gasteiger partial charge in [-0.25, -0.2) is 23.1 Å².